The van der Waals surface area contributed by atoms with Crippen molar-refractivity contribution in [3.8, 4) is 5.75 Å². The number of hydrogen-bond acceptors (Lipinski definition) is 5. The molecule has 5 heteroatoms. The van der Waals surface area contributed by atoms with Gasteiger partial charge in [-0.05, 0) is 49.5 Å². The number of fused-ring (bicyclic) bond motifs is 3. The van der Waals surface area contributed by atoms with Gasteiger partial charge in [-0.3, -0.25) is 0 Å². The Morgan fingerprint density at radius 1 is 0.933 bits per heavy atom. The van der Waals surface area contributed by atoms with Crippen molar-refractivity contribution in [2.75, 3.05) is 0 Å². The Balaban J connectivity index is 1.38. The molecule has 0 unspecified atom stereocenters. The van der Waals surface area contributed by atoms with Gasteiger partial charge in [0.05, 0.1) is 0 Å². The van der Waals surface area contributed by atoms with Crippen LogP contribution in [-0.4, -0.2) is 24.0 Å². The fourth-order valence-corrected chi connectivity index (χ4v) is 6.43. The van der Waals surface area contributed by atoms with E-state index in [-0.39, 0.29) is 11.8 Å². The number of rotatable bonds is 2. The van der Waals surface area contributed by atoms with Crippen molar-refractivity contribution in [1.82, 2.24) is 0 Å². The molecule has 5 nitrogen and oxygen atoms in total. The van der Waals surface area contributed by atoms with E-state index in [2.05, 4.69) is 32.0 Å². The molecule has 4 saturated heterocycles. The molecule has 5 aliphatic rings. The molecule has 1 aliphatic carbocycles. The third-order valence-electron chi connectivity index (χ3n) is 8.09. The van der Waals surface area contributed by atoms with Crippen molar-refractivity contribution < 1.29 is 24.0 Å². The third kappa shape index (κ3) is 2.62. The molecule has 0 amide bonds. The summed E-state index contributed by atoms with van der Waals surface area (Å²) in [4.78, 5) is 12.1. The van der Waals surface area contributed by atoms with Gasteiger partial charge in [0.2, 0.25) is 12.1 Å². The maximum absolute atomic E-state index is 6.56. The summed E-state index contributed by atoms with van der Waals surface area (Å²) in [5.41, 5.74) is -0.550. The summed E-state index contributed by atoms with van der Waals surface area (Å²) in [5.74, 6) is 1.44. The second kappa shape index (κ2) is 6.67. The van der Waals surface area contributed by atoms with E-state index in [9.17, 15) is 0 Å². The minimum atomic E-state index is -0.762. The van der Waals surface area contributed by atoms with Crippen LogP contribution in [0.2, 0.25) is 0 Å². The fourth-order valence-electron chi connectivity index (χ4n) is 6.43. The van der Waals surface area contributed by atoms with Crippen LogP contribution in [0, 0.1) is 23.7 Å². The van der Waals surface area contributed by atoms with E-state index in [0.29, 0.717) is 11.8 Å². The first-order valence-corrected chi connectivity index (χ1v) is 11.3. The zero-order valence-corrected chi connectivity index (χ0v) is 17.9. The monoisotopic (exact) mass is 410 g/mol. The molecule has 5 fully saturated rings. The lowest BCUT2D eigenvalue weighted by atomic mass is 9.58. The molecule has 4 aliphatic heterocycles. The molecule has 30 heavy (non-hydrogen) atoms. The molecule has 0 aromatic heterocycles. The molecule has 1 saturated carbocycles. The molecule has 4 heterocycles. The predicted molar refractivity (Wildman–Crippen MR) is 111 cm³/mol. The molecule has 8 atom stereocenters. The standard InChI is InChI=1S/C25H30O5/c1-15-11-12-20-16(2)22(26-21-10-6-8-17-7-4-5-9-18(17)21)27-23-25(20)19(15)13-14-24(3,28-23)29-30-25/h4-10,15-16,19-20,22-23H,11-14H2,1-3H3/t15-,16-,19+,20+,22-,23-,24+,25-/m1/s1. The highest BCUT2D eigenvalue weighted by Gasteiger charge is 2.69. The summed E-state index contributed by atoms with van der Waals surface area (Å²) in [7, 11) is 0. The number of benzene rings is 2. The molecule has 0 N–H and O–H groups in total. The first-order valence-electron chi connectivity index (χ1n) is 11.3. The second-order valence-electron chi connectivity index (χ2n) is 9.87. The molecular weight excluding hydrogens is 380 g/mol. The van der Waals surface area contributed by atoms with Crippen LogP contribution in [0.15, 0.2) is 42.5 Å². The average molecular weight is 411 g/mol. The Bertz CT molecular complexity index is 956. The van der Waals surface area contributed by atoms with Crippen molar-refractivity contribution >= 4 is 10.8 Å². The van der Waals surface area contributed by atoms with Crippen LogP contribution >= 0.6 is 0 Å². The van der Waals surface area contributed by atoms with E-state index in [1.165, 1.54) is 6.42 Å². The van der Waals surface area contributed by atoms with E-state index in [0.717, 1.165) is 35.8 Å². The highest BCUT2D eigenvalue weighted by Crippen LogP contribution is 2.60. The molecule has 2 aromatic rings. The smallest absolute Gasteiger partial charge is 0.205 e. The topological polar surface area (TPSA) is 46.2 Å². The van der Waals surface area contributed by atoms with E-state index >= 15 is 0 Å². The van der Waals surface area contributed by atoms with Gasteiger partial charge in [-0.15, -0.1) is 0 Å². The normalized spacial score (nSPS) is 45.0. The Hall–Kier alpha value is -1.66. The third-order valence-corrected chi connectivity index (χ3v) is 8.09. The number of hydrogen-bond donors (Lipinski definition) is 0. The van der Waals surface area contributed by atoms with Crippen molar-refractivity contribution in [2.45, 2.75) is 70.4 Å². The van der Waals surface area contributed by atoms with Gasteiger partial charge in [-0.25, -0.2) is 9.78 Å². The molecule has 1 spiro atoms. The van der Waals surface area contributed by atoms with Gasteiger partial charge in [-0.2, -0.15) is 0 Å². The SMILES string of the molecule is C[C@H]1[C@H](Oc2cccc3ccccc23)O[C@@H]2O[C@]3(C)CC[C@H]4[C@H](C)CC[C@@H]1[C@@]24OO3. The fraction of sp³-hybridized carbons (Fsp3) is 0.600. The van der Waals surface area contributed by atoms with E-state index in [4.69, 9.17) is 24.0 Å². The van der Waals surface area contributed by atoms with Gasteiger partial charge in [-0.1, -0.05) is 50.2 Å². The lowest BCUT2D eigenvalue weighted by Gasteiger charge is -2.60. The molecular formula is C25H30O5. The Kier molecular flexibility index (Phi) is 4.24. The zero-order valence-electron chi connectivity index (χ0n) is 17.9. The van der Waals surface area contributed by atoms with Gasteiger partial charge in [0.1, 0.15) is 5.75 Å². The average Bonchev–Trinajstić information content (AvgIpc) is 2.98. The summed E-state index contributed by atoms with van der Waals surface area (Å²) in [6, 6.07) is 14.5. The van der Waals surface area contributed by atoms with Crippen molar-refractivity contribution in [1.29, 1.82) is 0 Å². The lowest BCUT2D eigenvalue weighted by molar-refractivity contribution is -0.575. The maximum atomic E-state index is 6.56. The molecule has 2 bridgehead atoms. The van der Waals surface area contributed by atoms with Crippen molar-refractivity contribution in [3.63, 3.8) is 0 Å². The highest BCUT2D eigenvalue weighted by atomic mass is 17.3. The van der Waals surface area contributed by atoms with Crippen LogP contribution in [0.5, 0.6) is 5.75 Å². The van der Waals surface area contributed by atoms with Crippen LogP contribution in [0.3, 0.4) is 0 Å². The predicted octanol–water partition coefficient (Wildman–Crippen LogP) is 5.43. The van der Waals surface area contributed by atoms with Gasteiger partial charge in [0, 0.05) is 23.6 Å². The first kappa shape index (κ1) is 19.1. The molecule has 7 rings (SSSR count). The zero-order chi connectivity index (χ0) is 20.5. The highest BCUT2D eigenvalue weighted by molar-refractivity contribution is 5.88. The Morgan fingerprint density at radius 2 is 1.77 bits per heavy atom. The maximum Gasteiger partial charge on any atom is 0.205 e. The minimum Gasteiger partial charge on any atom is -0.464 e. The summed E-state index contributed by atoms with van der Waals surface area (Å²) in [5, 5.41) is 2.26. The van der Waals surface area contributed by atoms with Gasteiger partial charge in [0.25, 0.3) is 0 Å². The minimum absolute atomic E-state index is 0.157. The summed E-state index contributed by atoms with van der Waals surface area (Å²) in [6.07, 6.45) is 3.24. The van der Waals surface area contributed by atoms with Crippen LogP contribution in [-0.2, 0) is 19.2 Å². The number of ether oxygens (including phenoxy) is 3. The van der Waals surface area contributed by atoms with Gasteiger partial charge >= 0.3 is 0 Å². The van der Waals surface area contributed by atoms with Crippen LogP contribution in [0.4, 0.5) is 0 Å². The quantitative estimate of drug-likeness (QED) is 0.618. The first-order chi connectivity index (χ1) is 14.5. The molecule has 2 aromatic carbocycles. The summed E-state index contributed by atoms with van der Waals surface area (Å²) >= 11 is 0. The van der Waals surface area contributed by atoms with Crippen LogP contribution in [0.1, 0.15) is 46.5 Å². The molecule has 0 radical (unpaired) electrons. The Labute approximate surface area is 177 Å². The van der Waals surface area contributed by atoms with E-state index < -0.39 is 24.0 Å². The second-order valence-corrected chi connectivity index (χ2v) is 9.87. The largest absolute Gasteiger partial charge is 0.464 e. The Morgan fingerprint density at radius 3 is 2.67 bits per heavy atom. The molecule has 160 valence electrons. The van der Waals surface area contributed by atoms with Crippen molar-refractivity contribution in [2.24, 2.45) is 23.7 Å². The van der Waals surface area contributed by atoms with Crippen LogP contribution in [0.25, 0.3) is 10.8 Å². The summed E-state index contributed by atoms with van der Waals surface area (Å²) < 4.78 is 19.5. The lowest BCUT2D eigenvalue weighted by Crippen LogP contribution is -2.70. The van der Waals surface area contributed by atoms with Gasteiger partial charge in [0.15, 0.2) is 11.9 Å². The van der Waals surface area contributed by atoms with Gasteiger partial charge < -0.3 is 14.2 Å². The van der Waals surface area contributed by atoms with Crippen LogP contribution < -0.4 is 4.74 Å². The van der Waals surface area contributed by atoms with E-state index in [1.807, 2.05) is 31.2 Å². The summed E-state index contributed by atoms with van der Waals surface area (Å²) in [6.45, 7) is 6.51. The van der Waals surface area contributed by atoms with E-state index in [1.54, 1.807) is 0 Å². The van der Waals surface area contributed by atoms with Crippen molar-refractivity contribution in [3.05, 3.63) is 42.5 Å².